The highest BCUT2D eigenvalue weighted by atomic mass is 16.6. The summed E-state index contributed by atoms with van der Waals surface area (Å²) in [5.41, 5.74) is 0.548. The molecule has 0 unspecified atom stereocenters. The molecule has 1 atom stereocenters. The minimum Gasteiger partial charge on any atom is -0.472 e. The second kappa shape index (κ2) is 4.98. The largest absolute Gasteiger partial charge is 0.472 e. The fraction of sp³-hybridized carbons (Fsp3) is 0.643. The Morgan fingerprint density at radius 2 is 2.26 bits per heavy atom. The maximum absolute atomic E-state index is 12.2. The monoisotopic (exact) mass is 265 g/mol. The smallest absolute Gasteiger partial charge is 0.257 e. The van der Waals surface area contributed by atoms with Crippen molar-refractivity contribution in [1.82, 2.24) is 4.90 Å². The third-order valence-corrected chi connectivity index (χ3v) is 4.24. The quantitative estimate of drug-likeness (QED) is 0.816. The minimum absolute atomic E-state index is 0.0462. The third kappa shape index (κ3) is 2.40. The summed E-state index contributed by atoms with van der Waals surface area (Å²) in [5, 5.41) is 0. The first kappa shape index (κ1) is 12.7. The van der Waals surface area contributed by atoms with Crippen LogP contribution in [0.15, 0.2) is 23.0 Å². The first-order valence-corrected chi connectivity index (χ1v) is 6.71. The van der Waals surface area contributed by atoms with Crippen LogP contribution < -0.4 is 0 Å². The summed E-state index contributed by atoms with van der Waals surface area (Å²) in [6.45, 7) is 2.15. The highest BCUT2D eigenvalue weighted by Gasteiger charge is 2.43. The molecule has 3 heterocycles. The summed E-state index contributed by atoms with van der Waals surface area (Å²) in [5.74, 6) is 0.0462. The Morgan fingerprint density at radius 1 is 1.47 bits per heavy atom. The maximum Gasteiger partial charge on any atom is 0.257 e. The first-order valence-electron chi connectivity index (χ1n) is 6.71. The molecule has 2 fully saturated rings. The Balaban J connectivity index is 1.59. The average molecular weight is 265 g/mol. The molecule has 1 aromatic rings. The minimum atomic E-state index is -0.0755. The molecule has 2 aliphatic heterocycles. The Morgan fingerprint density at radius 3 is 2.84 bits per heavy atom. The van der Waals surface area contributed by atoms with Crippen LogP contribution in [0.5, 0.6) is 0 Å². The molecule has 0 saturated carbocycles. The van der Waals surface area contributed by atoms with Crippen molar-refractivity contribution in [2.75, 3.05) is 26.8 Å². The lowest BCUT2D eigenvalue weighted by molar-refractivity contribution is -0.0402. The zero-order chi connectivity index (χ0) is 13.3. The van der Waals surface area contributed by atoms with Gasteiger partial charge in [-0.05, 0) is 18.9 Å². The molecule has 2 aliphatic rings. The summed E-state index contributed by atoms with van der Waals surface area (Å²) >= 11 is 0. The molecular weight excluding hydrogens is 246 g/mol. The summed E-state index contributed by atoms with van der Waals surface area (Å²) in [6, 6.07) is 1.71. The van der Waals surface area contributed by atoms with Gasteiger partial charge in [0.2, 0.25) is 0 Å². The SMILES string of the molecule is CO[C@@H]1COC2(CCN(C(=O)c3ccoc3)CC2)C1. The van der Waals surface area contributed by atoms with Crippen molar-refractivity contribution in [3.63, 3.8) is 0 Å². The van der Waals surface area contributed by atoms with Gasteiger partial charge in [-0.3, -0.25) is 4.79 Å². The molecule has 3 rings (SSSR count). The van der Waals surface area contributed by atoms with E-state index < -0.39 is 0 Å². The van der Waals surface area contributed by atoms with Crippen LogP contribution in [-0.2, 0) is 9.47 Å². The lowest BCUT2D eigenvalue weighted by Gasteiger charge is -2.38. The Bertz CT molecular complexity index is 434. The fourth-order valence-corrected chi connectivity index (χ4v) is 2.99. The van der Waals surface area contributed by atoms with Crippen molar-refractivity contribution < 1.29 is 18.7 Å². The van der Waals surface area contributed by atoms with E-state index in [0.717, 1.165) is 32.4 Å². The molecule has 5 heteroatoms. The zero-order valence-electron chi connectivity index (χ0n) is 11.1. The molecule has 2 saturated heterocycles. The molecule has 0 bridgehead atoms. The van der Waals surface area contributed by atoms with Crippen molar-refractivity contribution in [3.8, 4) is 0 Å². The van der Waals surface area contributed by atoms with Gasteiger partial charge in [0.25, 0.3) is 5.91 Å². The lowest BCUT2D eigenvalue weighted by Crippen LogP contribution is -2.46. The molecule has 1 spiro atoms. The van der Waals surface area contributed by atoms with E-state index in [1.165, 1.54) is 12.5 Å². The van der Waals surface area contributed by atoms with Crippen LogP contribution >= 0.6 is 0 Å². The molecule has 0 N–H and O–H groups in total. The third-order valence-electron chi connectivity index (χ3n) is 4.24. The van der Waals surface area contributed by atoms with Crippen LogP contribution in [0.1, 0.15) is 29.6 Å². The van der Waals surface area contributed by atoms with E-state index >= 15 is 0 Å². The molecule has 19 heavy (non-hydrogen) atoms. The second-order valence-electron chi connectivity index (χ2n) is 5.36. The van der Waals surface area contributed by atoms with Crippen molar-refractivity contribution in [3.05, 3.63) is 24.2 Å². The summed E-state index contributed by atoms with van der Waals surface area (Å²) in [4.78, 5) is 14.1. The molecule has 1 aromatic heterocycles. The molecule has 0 radical (unpaired) electrons. The number of amides is 1. The van der Waals surface area contributed by atoms with Gasteiger partial charge in [0, 0.05) is 26.6 Å². The standard InChI is InChI=1S/C14H19NO4/c1-17-12-8-14(19-10-12)3-5-15(6-4-14)13(16)11-2-7-18-9-11/h2,7,9,12H,3-6,8,10H2,1H3/t12-/m0/s1. The van der Waals surface area contributed by atoms with Gasteiger partial charge in [-0.1, -0.05) is 0 Å². The van der Waals surface area contributed by atoms with E-state index in [2.05, 4.69) is 0 Å². The summed E-state index contributed by atoms with van der Waals surface area (Å²) in [7, 11) is 1.73. The molecule has 104 valence electrons. The van der Waals surface area contributed by atoms with Gasteiger partial charge in [0.1, 0.15) is 6.26 Å². The van der Waals surface area contributed by atoms with Crippen molar-refractivity contribution in [2.45, 2.75) is 31.0 Å². The molecule has 0 aliphatic carbocycles. The van der Waals surface area contributed by atoms with Gasteiger partial charge >= 0.3 is 0 Å². The predicted molar refractivity (Wildman–Crippen MR) is 67.9 cm³/mol. The van der Waals surface area contributed by atoms with Crippen LogP contribution in [0.25, 0.3) is 0 Å². The Kier molecular flexibility index (Phi) is 3.33. The highest BCUT2D eigenvalue weighted by Crippen LogP contribution is 2.37. The lowest BCUT2D eigenvalue weighted by atomic mass is 9.88. The van der Waals surface area contributed by atoms with Crippen molar-refractivity contribution in [2.24, 2.45) is 0 Å². The number of methoxy groups -OCH3 is 1. The first-order chi connectivity index (χ1) is 9.22. The zero-order valence-corrected chi connectivity index (χ0v) is 11.1. The number of carbonyl (C=O) groups excluding carboxylic acids is 1. The maximum atomic E-state index is 12.2. The average Bonchev–Trinajstić information content (AvgIpc) is 3.09. The summed E-state index contributed by atoms with van der Waals surface area (Å²) < 4.78 is 16.2. The fourth-order valence-electron chi connectivity index (χ4n) is 2.99. The predicted octanol–water partition coefficient (Wildman–Crippen LogP) is 1.69. The number of hydrogen-bond acceptors (Lipinski definition) is 4. The number of furan rings is 1. The van der Waals surface area contributed by atoms with Crippen LogP contribution in [0, 0.1) is 0 Å². The second-order valence-corrected chi connectivity index (χ2v) is 5.36. The molecular formula is C14H19NO4. The number of likely N-dealkylation sites (tertiary alicyclic amines) is 1. The van der Waals surface area contributed by atoms with Gasteiger partial charge in [0.05, 0.1) is 30.1 Å². The van der Waals surface area contributed by atoms with Gasteiger partial charge in [-0.15, -0.1) is 0 Å². The van der Waals surface area contributed by atoms with E-state index in [9.17, 15) is 4.79 Å². The normalized spacial score (nSPS) is 25.9. The molecule has 5 nitrogen and oxygen atoms in total. The number of nitrogens with zero attached hydrogens (tertiary/aromatic N) is 1. The number of hydrogen-bond donors (Lipinski definition) is 0. The number of rotatable bonds is 2. The molecule has 1 amide bonds. The van der Waals surface area contributed by atoms with Crippen LogP contribution in [-0.4, -0.2) is 49.3 Å². The van der Waals surface area contributed by atoms with E-state index in [4.69, 9.17) is 13.9 Å². The van der Waals surface area contributed by atoms with E-state index in [1.807, 2.05) is 4.90 Å². The number of piperidine rings is 1. The van der Waals surface area contributed by atoms with Crippen molar-refractivity contribution in [1.29, 1.82) is 0 Å². The Hall–Kier alpha value is -1.33. The van der Waals surface area contributed by atoms with E-state index in [-0.39, 0.29) is 17.6 Å². The topological polar surface area (TPSA) is 51.9 Å². The molecule has 0 aromatic carbocycles. The van der Waals surface area contributed by atoms with Crippen LogP contribution in [0.3, 0.4) is 0 Å². The van der Waals surface area contributed by atoms with Gasteiger partial charge in [-0.25, -0.2) is 0 Å². The number of carbonyl (C=O) groups is 1. The highest BCUT2D eigenvalue weighted by molar-refractivity contribution is 5.93. The van der Waals surface area contributed by atoms with Crippen molar-refractivity contribution >= 4 is 5.91 Å². The van der Waals surface area contributed by atoms with E-state index in [0.29, 0.717) is 12.2 Å². The van der Waals surface area contributed by atoms with Crippen LogP contribution in [0.4, 0.5) is 0 Å². The Labute approximate surface area is 112 Å². The van der Waals surface area contributed by atoms with Crippen LogP contribution in [0.2, 0.25) is 0 Å². The van der Waals surface area contributed by atoms with E-state index in [1.54, 1.807) is 13.2 Å². The van der Waals surface area contributed by atoms with Gasteiger partial charge in [-0.2, -0.15) is 0 Å². The number of ether oxygens (including phenoxy) is 2. The summed E-state index contributed by atoms with van der Waals surface area (Å²) in [6.07, 6.45) is 5.95. The van der Waals surface area contributed by atoms with Gasteiger partial charge < -0.3 is 18.8 Å². The van der Waals surface area contributed by atoms with Gasteiger partial charge in [0.15, 0.2) is 0 Å².